The molecule has 0 heterocycles. The lowest BCUT2D eigenvalue weighted by Gasteiger charge is -2.24. The lowest BCUT2D eigenvalue weighted by molar-refractivity contribution is 0.0656. The Kier molecular flexibility index (Phi) is 6.97. The third kappa shape index (κ3) is 6.88. The first-order valence-electron chi connectivity index (χ1n) is 7.36. The van der Waals surface area contributed by atoms with E-state index < -0.39 is 0 Å². The molecule has 1 rings (SSSR count). The van der Waals surface area contributed by atoms with Crippen molar-refractivity contribution in [2.75, 3.05) is 6.61 Å². The molecule has 0 spiro atoms. The third-order valence-corrected chi connectivity index (χ3v) is 3.32. The van der Waals surface area contributed by atoms with Gasteiger partial charge in [-0.1, -0.05) is 70.2 Å². The van der Waals surface area contributed by atoms with Crippen molar-refractivity contribution < 1.29 is 9.84 Å². The van der Waals surface area contributed by atoms with Gasteiger partial charge in [-0.3, -0.25) is 0 Å². The fourth-order valence-corrected chi connectivity index (χ4v) is 1.79. The molecule has 0 bridgehead atoms. The molecule has 0 aliphatic heterocycles. The van der Waals surface area contributed by atoms with Crippen LogP contribution in [0.25, 0.3) is 0 Å². The zero-order chi connectivity index (χ0) is 15.0. The molecule has 0 saturated heterocycles. The molecular formula is C18H28O2. The average molecular weight is 276 g/mol. The first-order chi connectivity index (χ1) is 9.39. The monoisotopic (exact) mass is 276 g/mol. The van der Waals surface area contributed by atoms with Gasteiger partial charge in [0.1, 0.15) is 0 Å². The Morgan fingerprint density at radius 1 is 1.20 bits per heavy atom. The maximum absolute atomic E-state index is 9.94. The molecule has 0 amide bonds. The van der Waals surface area contributed by atoms with Crippen LogP contribution in [-0.2, 0) is 11.3 Å². The second kappa shape index (κ2) is 8.23. The summed E-state index contributed by atoms with van der Waals surface area (Å²) in [5.41, 5.74) is 1.14. The highest BCUT2D eigenvalue weighted by atomic mass is 16.5. The maximum Gasteiger partial charge on any atom is 0.0717 e. The van der Waals surface area contributed by atoms with Gasteiger partial charge in [-0.2, -0.15) is 0 Å². The molecular weight excluding hydrogens is 248 g/mol. The van der Waals surface area contributed by atoms with E-state index in [-0.39, 0.29) is 11.5 Å². The summed E-state index contributed by atoms with van der Waals surface area (Å²) in [5, 5.41) is 9.94. The molecule has 0 radical (unpaired) electrons. The largest absolute Gasteiger partial charge is 0.392 e. The Morgan fingerprint density at radius 3 is 2.45 bits per heavy atom. The summed E-state index contributed by atoms with van der Waals surface area (Å²) in [6.45, 7) is 9.65. The summed E-state index contributed by atoms with van der Waals surface area (Å²) in [4.78, 5) is 0. The van der Waals surface area contributed by atoms with E-state index in [1.807, 2.05) is 18.2 Å². The number of hydrogen-bond donors (Lipinski definition) is 1. The van der Waals surface area contributed by atoms with Gasteiger partial charge in [0.25, 0.3) is 0 Å². The molecule has 0 aliphatic rings. The number of benzene rings is 1. The van der Waals surface area contributed by atoms with Crippen LogP contribution in [-0.4, -0.2) is 17.8 Å². The predicted octanol–water partition coefficient (Wildman–Crippen LogP) is 4.19. The van der Waals surface area contributed by atoms with Gasteiger partial charge < -0.3 is 9.84 Å². The molecule has 0 saturated carbocycles. The van der Waals surface area contributed by atoms with Crippen LogP contribution >= 0.6 is 0 Å². The summed E-state index contributed by atoms with van der Waals surface area (Å²) >= 11 is 0. The van der Waals surface area contributed by atoms with Crippen molar-refractivity contribution in [2.45, 2.75) is 46.8 Å². The molecule has 0 aliphatic carbocycles. The lowest BCUT2D eigenvalue weighted by Crippen LogP contribution is -2.25. The molecule has 2 heteroatoms. The van der Waals surface area contributed by atoms with Crippen LogP contribution in [0.4, 0.5) is 0 Å². The maximum atomic E-state index is 9.94. The van der Waals surface area contributed by atoms with E-state index in [4.69, 9.17) is 4.74 Å². The van der Waals surface area contributed by atoms with Gasteiger partial charge in [0.05, 0.1) is 19.3 Å². The summed E-state index contributed by atoms with van der Waals surface area (Å²) in [5.74, 6) is 0.367. The minimum Gasteiger partial charge on any atom is -0.392 e. The van der Waals surface area contributed by atoms with Crippen molar-refractivity contribution in [3.63, 3.8) is 0 Å². The summed E-state index contributed by atoms with van der Waals surface area (Å²) < 4.78 is 5.69. The molecule has 0 fully saturated rings. The van der Waals surface area contributed by atoms with Gasteiger partial charge in [0, 0.05) is 0 Å². The quantitative estimate of drug-likeness (QED) is 0.757. The highest BCUT2D eigenvalue weighted by Gasteiger charge is 2.20. The predicted molar refractivity (Wildman–Crippen MR) is 84.5 cm³/mol. The second-order valence-electron chi connectivity index (χ2n) is 6.52. The standard InChI is InChI=1S/C18H28O2/c1-15(9-8-12-17(19)18(2,3)4)13-20-14-16-10-6-5-7-11-16/h5-11,15,17,19H,12-14H2,1-4H3/b9-8-/t15-,17+/m1/s1. The van der Waals surface area contributed by atoms with E-state index in [1.165, 1.54) is 5.56 Å². The van der Waals surface area contributed by atoms with Gasteiger partial charge in [-0.05, 0) is 23.3 Å². The van der Waals surface area contributed by atoms with E-state index in [0.717, 1.165) is 0 Å². The lowest BCUT2D eigenvalue weighted by atomic mass is 9.87. The zero-order valence-corrected chi connectivity index (χ0v) is 13.2. The van der Waals surface area contributed by atoms with Gasteiger partial charge in [-0.25, -0.2) is 0 Å². The normalized spacial score (nSPS) is 15.4. The van der Waals surface area contributed by atoms with Gasteiger partial charge in [0.15, 0.2) is 0 Å². The third-order valence-electron chi connectivity index (χ3n) is 3.32. The molecule has 2 atom stereocenters. The molecule has 2 nitrogen and oxygen atoms in total. The minimum atomic E-state index is -0.295. The molecule has 0 unspecified atom stereocenters. The van der Waals surface area contributed by atoms with Crippen LogP contribution in [0.1, 0.15) is 39.7 Å². The van der Waals surface area contributed by atoms with Crippen LogP contribution < -0.4 is 0 Å². The van der Waals surface area contributed by atoms with Crippen molar-refractivity contribution in [1.29, 1.82) is 0 Å². The van der Waals surface area contributed by atoms with Crippen molar-refractivity contribution in [2.24, 2.45) is 11.3 Å². The number of aliphatic hydroxyl groups excluding tert-OH is 1. The fraction of sp³-hybridized carbons (Fsp3) is 0.556. The Hall–Kier alpha value is -1.12. The zero-order valence-electron chi connectivity index (χ0n) is 13.2. The van der Waals surface area contributed by atoms with Crippen LogP contribution in [0.3, 0.4) is 0 Å². The van der Waals surface area contributed by atoms with Crippen LogP contribution in [0.2, 0.25) is 0 Å². The Balaban J connectivity index is 2.21. The number of ether oxygens (including phenoxy) is 1. The second-order valence-corrected chi connectivity index (χ2v) is 6.52. The Morgan fingerprint density at radius 2 is 1.85 bits per heavy atom. The fourth-order valence-electron chi connectivity index (χ4n) is 1.79. The van der Waals surface area contributed by atoms with E-state index >= 15 is 0 Å². The first-order valence-corrected chi connectivity index (χ1v) is 7.36. The van der Waals surface area contributed by atoms with E-state index in [0.29, 0.717) is 25.6 Å². The average Bonchev–Trinajstić information content (AvgIpc) is 2.38. The van der Waals surface area contributed by atoms with Crippen LogP contribution in [0, 0.1) is 11.3 Å². The van der Waals surface area contributed by atoms with Gasteiger partial charge in [0.2, 0.25) is 0 Å². The molecule has 1 aromatic carbocycles. The Labute approximate surface area is 123 Å². The molecule has 1 N–H and O–H groups in total. The number of rotatable bonds is 7. The van der Waals surface area contributed by atoms with E-state index in [9.17, 15) is 5.11 Å². The molecule has 1 aromatic rings. The van der Waals surface area contributed by atoms with Crippen molar-refractivity contribution >= 4 is 0 Å². The van der Waals surface area contributed by atoms with Crippen molar-refractivity contribution in [3.8, 4) is 0 Å². The number of aliphatic hydroxyl groups is 1. The molecule has 20 heavy (non-hydrogen) atoms. The SMILES string of the molecule is C[C@H](/C=C\C[C@H](O)C(C)(C)C)COCc1ccccc1. The van der Waals surface area contributed by atoms with Gasteiger partial charge in [-0.15, -0.1) is 0 Å². The molecule has 112 valence electrons. The van der Waals surface area contributed by atoms with E-state index in [1.54, 1.807) is 0 Å². The highest BCUT2D eigenvalue weighted by molar-refractivity contribution is 5.13. The summed E-state index contributed by atoms with van der Waals surface area (Å²) in [6, 6.07) is 10.2. The molecule has 0 aromatic heterocycles. The topological polar surface area (TPSA) is 29.5 Å². The van der Waals surface area contributed by atoms with Crippen LogP contribution in [0.15, 0.2) is 42.5 Å². The van der Waals surface area contributed by atoms with Crippen molar-refractivity contribution in [3.05, 3.63) is 48.0 Å². The van der Waals surface area contributed by atoms with E-state index in [2.05, 4.69) is 52.0 Å². The summed E-state index contributed by atoms with van der Waals surface area (Å²) in [7, 11) is 0. The van der Waals surface area contributed by atoms with Crippen molar-refractivity contribution in [1.82, 2.24) is 0 Å². The number of hydrogen-bond acceptors (Lipinski definition) is 2. The van der Waals surface area contributed by atoms with Crippen LogP contribution in [0.5, 0.6) is 0 Å². The Bertz CT molecular complexity index is 390. The first kappa shape index (κ1) is 16.9. The smallest absolute Gasteiger partial charge is 0.0717 e. The highest BCUT2D eigenvalue weighted by Crippen LogP contribution is 2.21. The minimum absolute atomic E-state index is 0.0581. The summed E-state index contributed by atoms with van der Waals surface area (Å²) in [6.07, 6.45) is 4.59. The van der Waals surface area contributed by atoms with Gasteiger partial charge >= 0.3 is 0 Å².